The lowest BCUT2D eigenvalue weighted by molar-refractivity contribution is -0.146. The maximum absolute atomic E-state index is 12.9. The standard InChI is InChI=1S/C32H36N2O6/c1-20(2)28(17-29(35)34-30(31(36)37)21(3)39-18-22-11-5-4-6-12-22)33-32(38)40-19-27-25-15-9-7-13-23(25)24-14-8-10-16-26(24)27/h4-16,20-21,27-28,30H,17-19H2,1-3H3,(H,33,38)(H,34,35)(H,36,37)/t21-,28+,30+/m1/s1. The van der Waals surface area contributed by atoms with Crippen molar-refractivity contribution in [3.8, 4) is 11.1 Å². The van der Waals surface area contributed by atoms with Gasteiger partial charge in [0.25, 0.3) is 0 Å². The molecule has 4 rings (SSSR count). The lowest BCUT2D eigenvalue weighted by atomic mass is 9.98. The van der Waals surface area contributed by atoms with Gasteiger partial charge in [-0.25, -0.2) is 9.59 Å². The Kier molecular flexibility index (Phi) is 9.56. The van der Waals surface area contributed by atoms with Crippen molar-refractivity contribution in [2.75, 3.05) is 6.61 Å². The third-order valence-electron chi connectivity index (χ3n) is 7.26. The van der Waals surface area contributed by atoms with Gasteiger partial charge in [-0.1, -0.05) is 92.7 Å². The first-order valence-corrected chi connectivity index (χ1v) is 13.5. The summed E-state index contributed by atoms with van der Waals surface area (Å²) in [4.78, 5) is 37.5. The minimum Gasteiger partial charge on any atom is -0.480 e. The molecule has 0 bridgehead atoms. The second kappa shape index (κ2) is 13.3. The SMILES string of the molecule is CC(C)[C@H](CC(=O)N[C@H](C(=O)O)[C@@H](C)OCc1ccccc1)NC(=O)OCC1c2ccccc2-c2ccccc21. The summed E-state index contributed by atoms with van der Waals surface area (Å²) in [5.41, 5.74) is 5.40. The molecule has 0 saturated carbocycles. The number of carbonyl (C=O) groups excluding carboxylic acids is 2. The number of rotatable bonds is 12. The molecule has 0 fully saturated rings. The summed E-state index contributed by atoms with van der Waals surface area (Å²) in [5, 5.41) is 15.1. The van der Waals surface area contributed by atoms with Gasteiger partial charge >= 0.3 is 12.1 Å². The fourth-order valence-corrected chi connectivity index (χ4v) is 4.95. The van der Waals surface area contributed by atoms with Crippen LogP contribution in [-0.4, -0.2) is 47.9 Å². The molecular formula is C32H36N2O6. The highest BCUT2D eigenvalue weighted by Gasteiger charge is 2.31. The van der Waals surface area contributed by atoms with E-state index in [9.17, 15) is 19.5 Å². The molecule has 0 saturated heterocycles. The normalized spacial score (nSPS) is 14.5. The molecule has 8 nitrogen and oxygen atoms in total. The van der Waals surface area contributed by atoms with Crippen LogP contribution in [0.4, 0.5) is 4.79 Å². The van der Waals surface area contributed by atoms with Crippen LogP contribution in [0.1, 0.15) is 49.8 Å². The van der Waals surface area contributed by atoms with Crippen LogP contribution >= 0.6 is 0 Å². The van der Waals surface area contributed by atoms with Crippen LogP contribution in [0.5, 0.6) is 0 Å². The third kappa shape index (κ3) is 7.07. The average Bonchev–Trinajstić information content (AvgIpc) is 3.27. The summed E-state index contributed by atoms with van der Waals surface area (Å²) < 4.78 is 11.4. The zero-order valence-corrected chi connectivity index (χ0v) is 23.0. The quantitative estimate of drug-likeness (QED) is 0.292. The van der Waals surface area contributed by atoms with Gasteiger partial charge in [0.1, 0.15) is 6.61 Å². The summed E-state index contributed by atoms with van der Waals surface area (Å²) >= 11 is 0. The van der Waals surface area contributed by atoms with Gasteiger partial charge in [0.15, 0.2) is 6.04 Å². The molecule has 0 spiro atoms. The van der Waals surface area contributed by atoms with Crippen LogP contribution in [0.3, 0.4) is 0 Å². The summed E-state index contributed by atoms with van der Waals surface area (Å²) in [7, 11) is 0. The Morgan fingerprint density at radius 2 is 1.40 bits per heavy atom. The largest absolute Gasteiger partial charge is 0.480 e. The highest BCUT2D eigenvalue weighted by molar-refractivity contribution is 5.84. The predicted octanol–water partition coefficient (Wildman–Crippen LogP) is 5.11. The van der Waals surface area contributed by atoms with E-state index in [1.165, 1.54) is 0 Å². The Morgan fingerprint density at radius 3 is 1.98 bits per heavy atom. The van der Waals surface area contributed by atoms with Crippen LogP contribution in [0, 0.1) is 5.92 Å². The molecule has 0 radical (unpaired) electrons. The van der Waals surface area contributed by atoms with Crippen LogP contribution in [-0.2, 0) is 25.7 Å². The smallest absolute Gasteiger partial charge is 0.407 e. The van der Waals surface area contributed by atoms with E-state index in [-0.39, 0.29) is 31.5 Å². The molecule has 1 aliphatic carbocycles. The molecule has 3 aromatic rings. The highest BCUT2D eigenvalue weighted by Crippen LogP contribution is 2.44. The van der Waals surface area contributed by atoms with E-state index in [0.717, 1.165) is 27.8 Å². The molecule has 0 aliphatic heterocycles. The first kappa shape index (κ1) is 28.8. The Bertz CT molecular complexity index is 1280. The zero-order chi connectivity index (χ0) is 28.6. The van der Waals surface area contributed by atoms with Gasteiger partial charge < -0.3 is 25.2 Å². The molecule has 40 heavy (non-hydrogen) atoms. The molecule has 1 aliphatic rings. The number of benzene rings is 3. The fourth-order valence-electron chi connectivity index (χ4n) is 4.95. The summed E-state index contributed by atoms with van der Waals surface area (Å²) in [6.07, 6.45) is -1.49. The number of carboxylic acids is 1. The van der Waals surface area contributed by atoms with Crippen LogP contribution < -0.4 is 10.6 Å². The Hall–Kier alpha value is -4.17. The third-order valence-corrected chi connectivity index (χ3v) is 7.26. The van der Waals surface area contributed by atoms with Crippen molar-refractivity contribution in [1.29, 1.82) is 0 Å². The maximum Gasteiger partial charge on any atom is 0.407 e. The van der Waals surface area contributed by atoms with Crippen molar-refractivity contribution in [1.82, 2.24) is 10.6 Å². The van der Waals surface area contributed by atoms with Gasteiger partial charge in [-0.2, -0.15) is 0 Å². The molecule has 0 aromatic heterocycles. The van der Waals surface area contributed by atoms with E-state index in [0.29, 0.717) is 0 Å². The molecule has 8 heteroatoms. The van der Waals surface area contributed by atoms with Gasteiger partial charge in [0.2, 0.25) is 5.91 Å². The summed E-state index contributed by atoms with van der Waals surface area (Å²) in [5.74, 6) is -1.87. The topological polar surface area (TPSA) is 114 Å². The molecule has 2 amide bonds. The van der Waals surface area contributed by atoms with Gasteiger partial charge in [-0.3, -0.25) is 4.79 Å². The van der Waals surface area contributed by atoms with Crippen LogP contribution in [0.25, 0.3) is 11.1 Å². The molecule has 0 unspecified atom stereocenters. The first-order valence-electron chi connectivity index (χ1n) is 13.5. The average molecular weight is 545 g/mol. The summed E-state index contributed by atoms with van der Waals surface area (Å²) in [6, 6.07) is 23.8. The lowest BCUT2D eigenvalue weighted by Gasteiger charge is -2.25. The lowest BCUT2D eigenvalue weighted by Crippen LogP contribution is -2.51. The predicted molar refractivity (Wildman–Crippen MR) is 152 cm³/mol. The van der Waals surface area contributed by atoms with E-state index in [4.69, 9.17) is 9.47 Å². The fraction of sp³-hybridized carbons (Fsp3) is 0.344. The minimum atomic E-state index is -1.24. The first-order chi connectivity index (χ1) is 19.2. The van der Waals surface area contributed by atoms with E-state index in [1.54, 1.807) is 6.92 Å². The number of fused-ring (bicyclic) bond motifs is 3. The number of carboxylic acid groups (broad SMARTS) is 1. The molecule has 0 heterocycles. The Balaban J connectivity index is 1.31. The number of ether oxygens (including phenoxy) is 2. The van der Waals surface area contributed by atoms with Crippen LogP contribution in [0.2, 0.25) is 0 Å². The number of aliphatic carboxylic acids is 1. The number of amides is 2. The minimum absolute atomic E-state index is 0.0763. The zero-order valence-electron chi connectivity index (χ0n) is 23.0. The van der Waals surface area contributed by atoms with Gasteiger partial charge in [-0.05, 0) is 40.7 Å². The van der Waals surface area contributed by atoms with Gasteiger partial charge in [-0.15, -0.1) is 0 Å². The van der Waals surface area contributed by atoms with E-state index in [1.807, 2.05) is 80.6 Å². The number of carbonyl (C=O) groups is 3. The highest BCUT2D eigenvalue weighted by atomic mass is 16.5. The number of nitrogens with one attached hydrogen (secondary N) is 2. The second-order valence-corrected chi connectivity index (χ2v) is 10.4. The number of alkyl carbamates (subject to hydrolysis) is 1. The van der Waals surface area contributed by atoms with E-state index >= 15 is 0 Å². The molecule has 3 N–H and O–H groups in total. The molecule has 3 aromatic carbocycles. The number of hydrogen-bond donors (Lipinski definition) is 3. The van der Waals surface area contributed by atoms with Crippen molar-refractivity contribution in [2.24, 2.45) is 5.92 Å². The molecular weight excluding hydrogens is 508 g/mol. The van der Waals surface area contributed by atoms with Gasteiger partial charge in [0.05, 0.1) is 12.7 Å². The van der Waals surface area contributed by atoms with Crippen molar-refractivity contribution in [3.63, 3.8) is 0 Å². The van der Waals surface area contributed by atoms with Crippen molar-refractivity contribution >= 4 is 18.0 Å². The maximum atomic E-state index is 12.9. The van der Waals surface area contributed by atoms with Crippen LogP contribution in [0.15, 0.2) is 78.9 Å². The van der Waals surface area contributed by atoms with E-state index in [2.05, 4.69) is 22.8 Å². The van der Waals surface area contributed by atoms with E-state index < -0.39 is 36.2 Å². The van der Waals surface area contributed by atoms with Gasteiger partial charge in [0, 0.05) is 18.4 Å². The Morgan fingerprint density at radius 1 is 0.825 bits per heavy atom. The summed E-state index contributed by atoms with van der Waals surface area (Å²) in [6.45, 7) is 5.74. The second-order valence-electron chi connectivity index (χ2n) is 10.4. The molecule has 210 valence electrons. The molecule has 3 atom stereocenters. The van der Waals surface area contributed by atoms with Crippen molar-refractivity contribution < 1.29 is 29.0 Å². The monoisotopic (exact) mass is 544 g/mol. The van der Waals surface area contributed by atoms with Crippen molar-refractivity contribution in [2.45, 2.75) is 57.9 Å². The van der Waals surface area contributed by atoms with Crippen molar-refractivity contribution in [3.05, 3.63) is 95.6 Å². The number of hydrogen-bond acceptors (Lipinski definition) is 5. The Labute approximate surface area is 234 Å².